The molecular formula is C12H7F4N3O2. The quantitative estimate of drug-likeness (QED) is 0.523. The van der Waals surface area contributed by atoms with Gasteiger partial charge in [-0.05, 0) is 12.1 Å². The Kier molecular flexibility index (Phi) is 3.50. The molecule has 0 spiro atoms. The first-order chi connectivity index (χ1) is 9.68. The van der Waals surface area contributed by atoms with Crippen LogP contribution in [-0.4, -0.2) is 9.91 Å². The summed E-state index contributed by atoms with van der Waals surface area (Å²) in [4.78, 5) is 13.7. The Hall–Kier alpha value is -2.71. The number of aromatic nitrogens is 1. The number of nitro groups is 1. The molecule has 5 nitrogen and oxygen atoms in total. The van der Waals surface area contributed by atoms with E-state index in [0.717, 1.165) is 18.2 Å². The lowest BCUT2D eigenvalue weighted by Gasteiger charge is -2.09. The van der Waals surface area contributed by atoms with Crippen LogP contribution in [0.4, 0.5) is 29.1 Å². The van der Waals surface area contributed by atoms with Gasteiger partial charge >= 0.3 is 6.18 Å². The number of halogens is 4. The van der Waals surface area contributed by atoms with Crippen LogP contribution < -0.4 is 5.73 Å². The van der Waals surface area contributed by atoms with E-state index in [9.17, 15) is 27.7 Å². The summed E-state index contributed by atoms with van der Waals surface area (Å²) in [5.41, 5.74) is 3.43. The molecule has 0 fully saturated rings. The van der Waals surface area contributed by atoms with Crippen molar-refractivity contribution >= 4 is 11.5 Å². The molecule has 110 valence electrons. The fraction of sp³-hybridized carbons (Fsp3) is 0.0833. The van der Waals surface area contributed by atoms with E-state index in [2.05, 4.69) is 4.98 Å². The van der Waals surface area contributed by atoms with Gasteiger partial charge in [-0.25, -0.2) is 9.37 Å². The number of anilines is 1. The summed E-state index contributed by atoms with van der Waals surface area (Å²) in [5.74, 6) is -1.69. The molecule has 1 heterocycles. The van der Waals surface area contributed by atoms with Crippen LogP contribution in [0.1, 0.15) is 5.56 Å². The lowest BCUT2D eigenvalue weighted by Crippen LogP contribution is -2.08. The fourth-order valence-corrected chi connectivity index (χ4v) is 1.69. The van der Waals surface area contributed by atoms with Gasteiger partial charge in [-0.2, -0.15) is 13.2 Å². The Morgan fingerprint density at radius 1 is 1.19 bits per heavy atom. The lowest BCUT2D eigenvalue weighted by atomic mass is 10.1. The van der Waals surface area contributed by atoms with Gasteiger partial charge in [0.1, 0.15) is 11.6 Å². The normalized spacial score (nSPS) is 11.4. The largest absolute Gasteiger partial charge is 0.419 e. The van der Waals surface area contributed by atoms with E-state index < -0.39 is 28.2 Å². The third-order valence-corrected chi connectivity index (χ3v) is 2.61. The molecule has 0 atom stereocenters. The van der Waals surface area contributed by atoms with Gasteiger partial charge in [-0.1, -0.05) is 6.07 Å². The van der Waals surface area contributed by atoms with E-state index in [0.29, 0.717) is 12.1 Å². The van der Waals surface area contributed by atoms with Crippen LogP contribution in [-0.2, 0) is 6.18 Å². The van der Waals surface area contributed by atoms with Crippen LogP contribution in [0.15, 0.2) is 30.3 Å². The fourth-order valence-electron chi connectivity index (χ4n) is 1.69. The molecule has 2 N–H and O–H groups in total. The van der Waals surface area contributed by atoms with Crippen LogP contribution in [0, 0.1) is 15.9 Å². The molecule has 2 aromatic rings. The Balaban J connectivity index is 2.53. The number of hydrogen-bond donors (Lipinski definition) is 1. The molecule has 0 unspecified atom stereocenters. The summed E-state index contributed by atoms with van der Waals surface area (Å²) in [6.45, 7) is 0. The number of nitrogen functional groups attached to an aromatic ring is 1. The average Bonchev–Trinajstić information content (AvgIpc) is 2.36. The maximum atomic E-state index is 13.5. The number of hydrogen-bond acceptors (Lipinski definition) is 4. The summed E-state index contributed by atoms with van der Waals surface area (Å²) >= 11 is 0. The standard InChI is InChI=1S/C12H7F4N3O2/c13-9-3-6(1-2-8(9)12(14,15)16)10-4-7(19(20)21)5-11(17)18-10/h1-5H,(H2,17,18). The number of benzene rings is 1. The molecule has 9 heteroatoms. The molecule has 2 rings (SSSR count). The molecule has 0 radical (unpaired) electrons. The van der Waals surface area contributed by atoms with Crippen molar-refractivity contribution in [3.8, 4) is 11.3 Å². The first-order valence-corrected chi connectivity index (χ1v) is 5.47. The monoisotopic (exact) mass is 301 g/mol. The molecule has 0 saturated heterocycles. The van der Waals surface area contributed by atoms with Crippen molar-refractivity contribution < 1.29 is 22.5 Å². The van der Waals surface area contributed by atoms with Gasteiger partial charge < -0.3 is 5.73 Å². The Morgan fingerprint density at radius 3 is 2.38 bits per heavy atom. The van der Waals surface area contributed by atoms with E-state index in [1.807, 2.05) is 0 Å². The molecule has 0 aliphatic rings. The van der Waals surface area contributed by atoms with E-state index in [-0.39, 0.29) is 17.1 Å². The minimum Gasteiger partial charge on any atom is -0.383 e. The van der Waals surface area contributed by atoms with E-state index in [4.69, 9.17) is 5.73 Å². The lowest BCUT2D eigenvalue weighted by molar-refractivity contribution is -0.384. The molecule has 0 aliphatic carbocycles. The predicted molar refractivity (Wildman–Crippen MR) is 65.7 cm³/mol. The van der Waals surface area contributed by atoms with Gasteiger partial charge in [-0.3, -0.25) is 10.1 Å². The Morgan fingerprint density at radius 2 is 1.86 bits per heavy atom. The summed E-state index contributed by atoms with van der Waals surface area (Å²) < 4.78 is 50.8. The SMILES string of the molecule is Nc1cc([N+](=O)[O-])cc(-c2ccc(C(F)(F)F)c(F)c2)n1. The van der Waals surface area contributed by atoms with Crippen molar-refractivity contribution in [3.63, 3.8) is 0 Å². The Labute approximate surface area is 115 Å². The first kappa shape index (κ1) is 14.7. The summed E-state index contributed by atoms with van der Waals surface area (Å²) in [7, 11) is 0. The predicted octanol–water partition coefficient (Wildman–Crippen LogP) is 3.40. The van der Waals surface area contributed by atoms with Crippen molar-refractivity contribution in [1.82, 2.24) is 4.98 Å². The number of nitrogens with zero attached hydrogens (tertiary/aromatic N) is 2. The molecule has 21 heavy (non-hydrogen) atoms. The van der Waals surface area contributed by atoms with Gasteiger partial charge in [0.2, 0.25) is 0 Å². The maximum absolute atomic E-state index is 13.5. The summed E-state index contributed by atoms with van der Waals surface area (Å²) in [6, 6.07) is 4.11. The molecule has 0 saturated carbocycles. The Bertz CT molecular complexity index is 716. The van der Waals surface area contributed by atoms with Crippen molar-refractivity contribution in [2.75, 3.05) is 5.73 Å². The number of alkyl halides is 3. The van der Waals surface area contributed by atoms with Crippen LogP contribution >= 0.6 is 0 Å². The second-order valence-corrected chi connectivity index (χ2v) is 4.08. The number of nitrogens with two attached hydrogens (primary N) is 1. The van der Waals surface area contributed by atoms with E-state index >= 15 is 0 Å². The molecule has 1 aromatic heterocycles. The highest BCUT2D eigenvalue weighted by Gasteiger charge is 2.34. The highest BCUT2D eigenvalue weighted by atomic mass is 19.4. The van der Waals surface area contributed by atoms with Crippen LogP contribution in [0.3, 0.4) is 0 Å². The van der Waals surface area contributed by atoms with Gasteiger partial charge in [0.25, 0.3) is 5.69 Å². The maximum Gasteiger partial charge on any atom is 0.419 e. The third kappa shape index (κ3) is 3.07. The van der Waals surface area contributed by atoms with Crippen molar-refractivity contribution in [2.45, 2.75) is 6.18 Å². The molecule has 0 amide bonds. The van der Waals surface area contributed by atoms with Gasteiger partial charge in [0.05, 0.1) is 22.2 Å². The van der Waals surface area contributed by atoms with Crippen molar-refractivity contribution in [1.29, 1.82) is 0 Å². The second kappa shape index (κ2) is 5.00. The zero-order chi connectivity index (χ0) is 15.8. The molecule has 1 aromatic carbocycles. The minimum absolute atomic E-state index is 0.0455. The number of pyridine rings is 1. The van der Waals surface area contributed by atoms with Gasteiger partial charge in [-0.15, -0.1) is 0 Å². The first-order valence-electron chi connectivity index (χ1n) is 5.47. The third-order valence-electron chi connectivity index (χ3n) is 2.61. The van der Waals surface area contributed by atoms with Crippen LogP contribution in [0.5, 0.6) is 0 Å². The second-order valence-electron chi connectivity index (χ2n) is 4.08. The zero-order valence-electron chi connectivity index (χ0n) is 10.2. The highest BCUT2D eigenvalue weighted by Crippen LogP contribution is 2.33. The van der Waals surface area contributed by atoms with Crippen molar-refractivity contribution in [2.24, 2.45) is 0 Å². The summed E-state index contributed by atoms with van der Waals surface area (Å²) in [5, 5.41) is 10.7. The van der Waals surface area contributed by atoms with E-state index in [1.165, 1.54) is 0 Å². The van der Waals surface area contributed by atoms with E-state index in [1.54, 1.807) is 0 Å². The summed E-state index contributed by atoms with van der Waals surface area (Å²) in [6.07, 6.45) is -4.82. The molecule has 0 aliphatic heterocycles. The van der Waals surface area contributed by atoms with Crippen LogP contribution in [0.2, 0.25) is 0 Å². The highest BCUT2D eigenvalue weighted by molar-refractivity contribution is 5.65. The topological polar surface area (TPSA) is 82.0 Å². The molecular weight excluding hydrogens is 294 g/mol. The molecule has 0 bridgehead atoms. The van der Waals surface area contributed by atoms with Gasteiger partial charge in [0, 0.05) is 11.6 Å². The van der Waals surface area contributed by atoms with Gasteiger partial charge in [0.15, 0.2) is 0 Å². The minimum atomic E-state index is -4.82. The van der Waals surface area contributed by atoms with Crippen molar-refractivity contribution in [3.05, 3.63) is 51.8 Å². The number of rotatable bonds is 2. The smallest absolute Gasteiger partial charge is 0.383 e. The zero-order valence-corrected chi connectivity index (χ0v) is 10.2. The average molecular weight is 301 g/mol. The van der Waals surface area contributed by atoms with Crippen LogP contribution in [0.25, 0.3) is 11.3 Å².